The third-order valence-electron chi connectivity index (χ3n) is 3.55. The van der Waals surface area contributed by atoms with Crippen molar-refractivity contribution in [3.63, 3.8) is 0 Å². The molecule has 1 aromatic carbocycles. The van der Waals surface area contributed by atoms with Crippen molar-refractivity contribution in [2.45, 2.75) is 31.5 Å². The lowest BCUT2D eigenvalue weighted by atomic mass is 10.0. The minimum absolute atomic E-state index is 0.184. The van der Waals surface area contributed by atoms with Gasteiger partial charge < -0.3 is 20.4 Å². The molecule has 0 saturated heterocycles. The van der Waals surface area contributed by atoms with Gasteiger partial charge >= 0.3 is 6.09 Å². The van der Waals surface area contributed by atoms with E-state index in [-0.39, 0.29) is 6.42 Å². The van der Waals surface area contributed by atoms with Crippen LogP contribution in [0.1, 0.15) is 25.0 Å². The van der Waals surface area contributed by atoms with E-state index in [1.807, 2.05) is 6.07 Å². The van der Waals surface area contributed by atoms with Crippen molar-refractivity contribution in [3.05, 3.63) is 48.6 Å². The second-order valence-corrected chi connectivity index (χ2v) is 5.07. The van der Waals surface area contributed by atoms with E-state index in [2.05, 4.69) is 11.9 Å². The Kier molecular flexibility index (Phi) is 6.59. The molecule has 0 saturated carbocycles. The average Bonchev–Trinajstić information content (AvgIpc) is 2.52. The van der Waals surface area contributed by atoms with Crippen LogP contribution in [0.4, 0.5) is 4.79 Å². The van der Waals surface area contributed by atoms with Gasteiger partial charge in [-0.2, -0.15) is 0 Å². The maximum Gasteiger partial charge on any atom is 0.405 e. The molecule has 0 heterocycles. The van der Waals surface area contributed by atoms with Gasteiger partial charge in [-0.3, -0.25) is 4.79 Å². The van der Waals surface area contributed by atoms with Gasteiger partial charge in [-0.15, -0.1) is 6.58 Å². The molecule has 0 bridgehead atoms. The molecule has 0 spiro atoms. The molecule has 120 valence electrons. The molecule has 1 rings (SSSR count). The summed E-state index contributed by atoms with van der Waals surface area (Å²) in [5, 5.41) is 21.3. The molecule has 6 nitrogen and oxygen atoms in total. The molecule has 2 amide bonds. The lowest BCUT2D eigenvalue weighted by molar-refractivity contribution is -0.136. The van der Waals surface area contributed by atoms with Crippen LogP contribution in [0.2, 0.25) is 0 Å². The second-order valence-electron chi connectivity index (χ2n) is 5.07. The highest BCUT2D eigenvalue weighted by molar-refractivity contribution is 5.85. The number of nitrogens with zero attached hydrogens (tertiary/aromatic N) is 1. The van der Waals surface area contributed by atoms with Crippen molar-refractivity contribution >= 4 is 12.0 Å². The van der Waals surface area contributed by atoms with Gasteiger partial charge in [0.2, 0.25) is 5.91 Å². The molecule has 3 atom stereocenters. The van der Waals surface area contributed by atoms with Crippen LogP contribution >= 0.6 is 0 Å². The lowest BCUT2D eigenvalue weighted by Crippen LogP contribution is -2.50. The van der Waals surface area contributed by atoms with Crippen molar-refractivity contribution in [2.75, 3.05) is 7.05 Å². The van der Waals surface area contributed by atoms with E-state index in [1.165, 1.54) is 11.0 Å². The van der Waals surface area contributed by atoms with Gasteiger partial charge in [0, 0.05) is 7.05 Å². The Morgan fingerprint density at radius 3 is 2.45 bits per heavy atom. The highest BCUT2D eigenvalue weighted by Crippen LogP contribution is 2.20. The van der Waals surface area contributed by atoms with Gasteiger partial charge in [0.25, 0.3) is 0 Å². The third kappa shape index (κ3) is 4.60. The highest BCUT2D eigenvalue weighted by Gasteiger charge is 2.29. The van der Waals surface area contributed by atoms with Gasteiger partial charge in [-0.25, -0.2) is 4.79 Å². The number of aliphatic hydroxyl groups is 1. The number of nitrogens with one attached hydrogen (secondary N) is 1. The first-order valence-electron chi connectivity index (χ1n) is 6.98. The fraction of sp³-hybridized carbons (Fsp3) is 0.375. The van der Waals surface area contributed by atoms with Crippen LogP contribution in [0.25, 0.3) is 0 Å². The molecule has 0 aliphatic rings. The topological polar surface area (TPSA) is 89.9 Å². The van der Waals surface area contributed by atoms with Crippen molar-refractivity contribution < 1.29 is 19.8 Å². The number of rotatable bonds is 7. The number of carbonyl (C=O) groups is 2. The summed E-state index contributed by atoms with van der Waals surface area (Å²) in [6.07, 6.45) is -0.469. The van der Waals surface area contributed by atoms with Crippen molar-refractivity contribution in [2.24, 2.45) is 0 Å². The fourth-order valence-electron chi connectivity index (χ4n) is 2.12. The zero-order chi connectivity index (χ0) is 16.7. The Morgan fingerprint density at radius 1 is 1.36 bits per heavy atom. The summed E-state index contributed by atoms with van der Waals surface area (Å²) in [4.78, 5) is 24.5. The number of likely N-dealkylation sites (N-methyl/N-ethyl adjacent to an activating group) is 1. The summed E-state index contributed by atoms with van der Waals surface area (Å²) in [7, 11) is 1.54. The molecule has 6 heteroatoms. The molecule has 0 unspecified atom stereocenters. The number of amides is 2. The minimum Gasteiger partial charge on any atom is -0.465 e. The molecule has 0 aromatic heterocycles. The summed E-state index contributed by atoms with van der Waals surface area (Å²) in [5.41, 5.74) is 0.695. The second kappa shape index (κ2) is 8.19. The first-order valence-corrected chi connectivity index (χ1v) is 6.98. The SMILES string of the molecule is C=CC[C@@H](NC(=O)O)C(=O)N(C)[C@@H](C)[C@H](O)c1ccccc1. The Balaban J connectivity index is 2.83. The number of hydrogen-bond donors (Lipinski definition) is 3. The van der Waals surface area contributed by atoms with Crippen LogP contribution in [-0.4, -0.2) is 46.2 Å². The smallest absolute Gasteiger partial charge is 0.405 e. The zero-order valence-electron chi connectivity index (χ0n) is 12.8. The number of aliphatic hydroxyl groups excluding tert-OH is 1. The standard InChI is InChI=1S/C16H22N2O4/c1-4-8-13(17-16(21)22)15(20)18(3)11(2)14(19)12-9-6-5-7-10-12/h4-7,9-11,13-14,17,19H,1,8H2,2-3H3,(H,21,22)/t11-,13+,14-/m0/s1. The van der Waals surface area contributed by atoms with Crippen LogP contribution in [-0.2, 0) is 4.79 Å². The number of carboxylic acid groups (broad SMARTS) is 1. The molecule has 0 aliphatic heterocycles. The van der Waals surface area contributed by atoms with E-state index in [0.717, 1.165) is 0 Å². The van der Waals surface area contributed by atoms with Gasteiger partial charge in [-0.05, 0) is 18.9 Å². The number of benzene rings is 1. The summed E-state index contributed by atoms with van der Waals surface area (Å²) >= 11 is 0. The largest absolute Gasteiger partial charge is 0.465 e. The Bertz CT molecular complexity index is 518. The average molecular weight is 306 g/mol. The summed E-state index contributed by atoms with van der Waals surface area (Å²) in [6, 6.07) is 7.58. The molecule has 22 heavy (non-hydrogen) atoms. The predicted molar refractivity (Wildman–Crippen MR) is 83.4 cm³/mol. The molecule has 3 N–H and O–H groups in total. The summed E-state index contributed by atoms with van der Waals surface area (Å²) in [6.45, 7) is 5.23. The van der Waals surface area contributed by atoms with Gasteiger partial charge in [0.1, 0.15) is 6.04 Å². The predicted octanol–water partition coefficient (Wildman–Crippen LogP) is 1.78. The Hall–Kier alpha value is -2.34. The van der Waals surface area contributed by atoms with Crippen LogP contribution in [0.15, 0.2) is 43.0 Å². The highest BCUT2D eigenvalue weighted by atomic mass is 16.4. The van der Waals surface area contributed by atoms with E-state index >= 15 is 0 Å². The van der Waals surface area contributed by atoms with Crippen molar-refractivity contribution in [1.29, 1.82) is 0 Å². The van der Waals surface area contributed by atoms with Crippen LogP contribution in [0.3, 0.4) is 0 Å². The van der Waals surface area contributed by atoms with E-state index in [1.54, 1.807) is 38.2 Å². The lowest BCUT2D eigenvalue weighted by Gasteiger charge is -2.31. The van der Waals surface area contributed by atoms with Crippen LogP contribution < -0.4 is 5.32 Å². The van der Waals surface area contributed by atoms with Crippen LogP contribution in [0.5, 0.6) is 0 Å². The van der Waals surface area contributed by atoms with E-state index < -0.39 is 30.2 Å². The first kappa shape index (κ1) is 17.7. The monoisotopic (exact) mass is 306 g/mol. The number of carbonyl (C=O) groups excluding carboxylic acids is 1. The third-order valence-corrected chi connectivity index (χ3v) is 3.55. The molecule has 0 fully saturated rings. The molecule has 0 aliphatic carbocycles. The van der Waals surface area contributed by atoms with Gasteiger partial charge in [-0.1, -0.05) is 36.4 Å². The fourth-order valence-corrected chi connectivity index (χ4v) is 2.12. The first-order chi connectivity index (χ1) is 10.4. The molecule has 0 radical (unpaired) electrons. The van der Waals surface area contributed by atoms with Gasteiger partial charge in [0.15, 0.2) is 0 Å². The van der Waals surface area contributed by atoms with E-state index in [0.29, 0.717) is 5.56 Å². The molecular formula is C16H22N2O4. The summed E-state index contributed by atoms with van der Waals surface area (Å²) in [5.74, 6) is -0.412. The maximum atomic E-state index is 12.4. The maximum absolute atomic E-state index is 12.4. The van der Waals surface area contributed by atoms with Crippen molar-refractivity contribution in [1.82, 2.24) is 10.2 Å². The van der Waals surface area contributed by atoms with Crippen LogP contribution in [0, 0.1) is 0 Å². The van der Waals surface area contributed by atoms with E-state index in [9.17, 15) is 14.7 Å². The number of hydrogen-bond acceptors (Lipinski definition) is 3. The quantitative estimate of drug-likeness (QED) is 0.670. The van der Waals surface area contributed by atoms with E-state index in [4.69, 9.17) is 5.11 Å². The normalized spacial score (nSPS) is 14.5. The van der Waals surface area contributed by atoms with Crippen molar-refractivity contribution in [3.8, 4) is 0 Å². The molecular weight excluding hydrogens is 284 g/mol. The Morgan fingerprint density at radius 2 is 1.95 bits per heavy atom. The molecule has 1 aromatic rings. The zero-order valence-corrected chi connectivity index (χ0v) is 12.8. The minimum atomic E-state index is -1.27. The van der Waals surface area contributed by atoms with Gasteiger partial charge in [0.05, 0.1) is 12.1 Å². The Labute approximate surface area is 130 Å². The summed E-state index contributed by atoms with van der Waals surface area (Å²) < 4.78 is 0.